The Labute approximate surface area is 164 Å². The Bertz CT molecular complexity index is 1060. The molecule has 1 heterocycles. The van der Waals surface area contributed by atoms with Gasteiger partial charge in [0.05, 0.1) is 16.2 Å². The molecule has 1 aromatic heterocycles. The summed E-state index contributed by atoms with van der Waals surface area (Å²) in [5, 5.41) is 4.07. The smallest absolute Gasteiger partial charge is 0.257 e. The maximum atomic E-state index is 12.6. The molecule has 0 spiro atoms. The number of aryl methyl sites for hydroxylation is 1. The molecule has 1 aliphatic rings. The molecular formula is C21H23N3O3S. The van der Waals surface area contributed by atoms with Crippen molar-refractivity contribution < 1.29 is 12.9 Å². The summed E-state index contributed by atoms with van der Waals surface area (Å²) in [6.07, 6.45) is 3.87. The first-order chi connectivity index (χ1) is 13.4. The highest BCUT2D eigenvalue weighted by atomic mass is 32.2. The Morgan fingerprint density at radius 2 is 1.68 bits per heavy atom. The van der Waals surface area contributed by atoms with Crippen molar-refractivity contribution in [2.24, 2.45) is 5.73 Å². The van der Waals surface area contributed by atoms with Gasteiger partial charge < -0.3 is 10.3 Å². The molecule has 1 aliphatic carbocycles. The van der Waals surface area contributed by atoms with Crippen molar-refractivity contribution in [2.45, 2.75) is 48.8 Å². The van der Waals surface area contributed by atoms with E-state index in [1.54, 1.807) is 48.5 Å². The summed E-state index contributed by atoms with van der Waals surface area (Å²) >= 11 is 0. The summed E-state index contributed by atoms with van der Waals surface area (Å²) in [4.78, 5) is 4.80. The van der Waals surface area contributed by atoms with Crippen LogP contribution in [-0.2, 0) is 21.1 Å². The number of hydrogen-bond donors (Lipinski definition) is 1. The maximum absolute atomic E-state index is 12.6. The summed E-state index contributed by atoms with van der Waals surface area (Å²) in [6.45, 7) is 1.93. The van der Waals surface area contributed by atoms with Crippen LogP contribution in [0, 0.1) is 6.92 Å². The van der Waals surface area contributed by atoms with Crippen LogP contribution in [0.1, 0.15) is 42.6 Å². The van der Waals surface area contributed by atoms with Crippen molar-refractivity contribution in [3.05, 3.63) is 65.5 Å². The third kappa shape index (κ3) is 3.72. The van der Waals surface area contributed by atoms with Crippen molar-refractivity contribution in [3.63, 3.8) is 0 Å². The summed E-state index contributed by atoms with van der Waals surface area (Å²) in [5.74, 6) is 0.892. The zero-order valence-electron chi connectivity index (χ0n) is 15.8. The number of rotatable bonds is 5. The number of nitrogens with two attached hydrogens (primary N) is 1. The minimum absolute atomic E-state index is 0.0582. The van der Waals surface area contributed by atoms with E-state index < -0.39 is 15.4 Å². The molecule has 4 rings (SSSR count). The van der Waals surface area contributed by atoms with E-state index in [4.69, 9.17) is 10.3 Å². The van der Waals surface area contributed by atoms with Crippen LogP contribution in [0.5, 0.6) is 0 Å². The van der Waals surface area contributed by atoms with Crippen molar-refractivity contribution in [2.75, 3.05) is 0 Å². The van der Waals surface area contributed by atoms with E-state index in [0.717, 1.165) is 36.8 Å². The molecule has 146 valence electrons. The molecule has 7 heteroatoms. The van der Waals surface area contributed by atoms with Gasteiger partial charge in [-0.25, -0.2) is 8.42 Å². The highest BCUT2D eigenvalue weighted by molar-refractivity contribution is 7.90. The van der Waals surface area contributed by atoms with Gasteiger partial charge in [0.2, 0.25) is 0 Å². The van der Waals surface area contributed by atoms with E-state index in [0.29, 0.717) is 22.2 Å². The topological polar surface area (TPSA) is 99.1 Å². The highest BCUT2D eigenvalue weighted by Crippen LogP contribution is 2.35. The average Bonchev–Trinajstić information content (AvgIpc) is 3.33. The van der Waals surface area contributed by atoms with Crippen molar-refractivity contribution in [3.8, 4) is 11.5 Å². The monoisotopic (exact) mass is 397 g/mol. The van der Waals surface area contributed by atoms with Crippen LogP contribution in [0.15, 0.2) is 57.9 Å². The molecule has 0 amide bonds. The van der Waals surface area contributed by atoms with Crippen molar-refractivity contribution in [1.29, 1.82) is 0 Å². The molecule has 0 aliphatic heterocycles. The van der Waals surface area contributed by atoms with E-state index in [1.807, 2.05) is 6.92 Å². The molecule has 6 nitrogen and oxygen atoms in total. The second-order valence-corrected chi connectivity index (χ2v) is 9.55. The van der Waals surface area contributed by atoms with Gasteiger partial charge in [0.25, 0.3) is 5.89 Å². The predicted octanol–water partition coefficient (Wildman–Crippen LogP) is 3.75. The molecule has 1 fully saturated rings. The number of nitrogens with zero attached hydrogens (tertiary/aromatic N) is 2. The zero-order chi connectivity index (χ0) is 19.8. The van der Waals surface area contributed by atoms with Gasteiger partial charge in [0.1, 0.15) is 0 Å². The lowest BCUT2D eigenvalue weighted by Crippen LogP contribution is -2.34. The van der Waals surface area contributed by atoms with Crippen molar-refractivity contribution >= 4 is 9.84 Å². The molecule has 0 unspecified atom stereocenters. The van der Waals surface area contributed by atoms with Gasteiger partial charge in [0, 0.05) is 5.56 Å². The van der Waals surface area contributed by atoms with Crippen LogP contribution in [0.25, 0.3) is 11.5 Å². The highest BCUT2D eigenvalue weighted by Gasteiger charge is 2.36. The number of sulfone groups is 1. The van der Waals surface area contributed by atoms with Gasteiger partial charge in [-0.15, -0.1) is 0 Å². The molecule has 3 aromatic rings. The summed E-state index contributed by atoms with van der Waals surface area (Å²) in [6, 6.07) is 14.0. The minimum atomic E-state index is -3.39. The summed E-state index contributed by atoms with van der Waals surface area (Å²) < 4.78 is 30.6. The van der Waals surface area contributed by atoms with E-state index in [-0.39, 0.29) is 5.75 Å². The summed E-state index contributed by atoms with van der Waals surface area (Å²) in [7, 11) is -3.39. The van der Waals surface area contributed by atoms with Gasteiger partial charge >= 0.3 is 0 Å². The standard InChI is InChI=1S/C21H23N3O3S/c1-15-4-10-18(11-5-15)28(25,26)14-16-6-8-17(9-7-16)19-23-20(24-27-19)21(22)12-2-3-13-21/h4-11H,2-3,12-14,22H2,1H3. The first-order valence-corrected chi connectivity index (χ1v) is 11.0. The normalized spacial score (nSPS) is 16.4. The van der Waals surface area contributed by atoms with Crippen LogP contribution in [0.2, 0.25) is 0 Å². The molecule has 0 saturated heterocycles. The number of aromatic nitrogens is 2. The van der Waals surface area contributed by atoms with Crippen LogP contribution in [0.3, 0.4) is 0 Å². The fourth-order valence-corrected chi connectivity index (χ4v) is 4.91. The lowest BCUT2D eigenvalue weighted by molar-refractivity contribution is 0.372. The van der Waals surface area contributed by atoms with Gasteiger partial charge in [-0.1, -0.05) is 47.8 Å². The third-order valence-electron chi connectivity index (χ3n) is 5.30. The Morgan fingerprint density at radius 1 is 1.04 bits per heavy atom. The minimum Gasteiger partial charge on any atom is -0.334 e. The Kier molecular flexibility index (Phi) is 4.81. The Morgan fingerprint density at radius 3 is 2.32 bits per heavy atom. The lowest BCUT2D eigenvalue weighted by atomic mass is 9.99. The zero-order valence-corrected chi connectivity index (χ0v) is 16.6. The van der Waals surface area contributed by atoms with Gasteiger partial charge in [-0.2, -0.15) is 4.98 Å². The predicted molar refractivity (Wildman–Crippen MR) is 106 cm³/mol. The Hall–Kier alpha value is -2.51. The van der Waals surface area contributed by atoms with E-state index in [1.165, 1.54) is 0 Å². The lowest BCUT2D eigenvalue weighted by Gasteiger charge is -2.17. The number of hydrogen-bond acceptors (Lipinski definition) is 6. The molecular weight excluding hydrogens is 374 g/mol. The average molecular weight is 398 g/mol. The fraction of sp³-hybridized carbons (Fsp3) is 0.333. The van der Waals surface area contributed by atoms with Crippen LogP contribution in [0.4, 0.5) is 0 Å². The van der Waals surface area contributed by atoms with Gasteiger partial charge in [0.15, 0.2) is 15.7 Å². The SMILES string of the molecule is Cc1ccc(S(=O)(=O)Cc2ccc(-c3nc(C4(N)CCCC4)no3)cc2)cc1. The van der Waals surface area contributed by atoms with Gasteiger partial charge in [-0.3, -0.25) is 0 Å². The largest absolute Gasteiger partial charge is 0.334 e. The molecule has 1 saturated carbocycles. The maximum Gasteiger partial charge on any atom is 0.257 e. The third-order valence-corrected chi connectivity index (χ3v) is 7.01. The van der Waals surface area contributed by atoms with Crippen LogP contribution >= 0.6 is 0 Å². The second-order valence-electron chi connectivity index (χ2n) is 7.56. The molecule has 28 heavy (non-hydrogen) atoms. The molecule has 0 bridgehead atoms. The quantitative estimate of drug-likeness (QED) is 0.704. The first kappa shape index (κ1) is 18.8. The van der Waals surface area contributed by atoms with E-state index in [2.05, 4.69) is 10.1 Å². The molecule has 2 N–H and O–H groups in total. The molecule has 0 radical (unpaired) electrons. The Balaban J connectivity index is 1.51. The summed E-state index contributed by atoms with van der Waals surface area (Å²) in [5.41, 5.74) is 8.36. The van der Waals surface area contributed by atoms with Crippen LogP contribution in [-0.4, -0.2) is 18.6 Å². The fourth-order valence-electron chi connectivity index (χ4n) is 3.56. The first-order valence-electron chi connectivity index (χ1n) is 9.38. The second kappa shape index (κ2) is 7.14. The number of benzene rings is 2. The van der Waals surface area contributed by atoms with E-state index >= 15 is 0 Å². The molecule has 0 atom stereocenters. The van der Waals surface area contributed by atoms with Crippen LogP contribution < -0.4 is 5.73 Å². The molecule has 2 aromatic carbocycles. The van der Waals surface area contributed by atoms with Gasteiger partial charge in [-0.05, 0) is 49.6 Å². The van der Waals surface area contributed by atoms with Crippen molar-refractivity contribution in [1.82, 2.24) is 10.1 Å². The van der Waals surface area contributed by atoms with E-state index in [9.17, 15) is 8.42 Å².